The van der Waals surface area contributed by atoms with Crippen molar-refractivity contribution in [2.45, 2.75) is 24.4 Å². The van der Waals surface area contributed by atoms with Crippen molar-refractivity contribution in [1.82, 2.24) is 0 Å². The quantitative estimate of drug-likeness (QED) is 0.798. The molecule has 1 aromatic rings. The van der Waals surface area contributed by atoms with E-state index in [4.69, 9.17) is 9.47 Å². The second kappa shape index (κ2) is 4.25. The van der Waals surface area contributed by atoms with Gasteiger partial charge in [-0.05, 0) is 24.3 Å². The smallest absolute Gasteiger partial charge is 0.310 e. The van der Waals surface area contributed by atoms with E-state index in [0.29, 0.717) is 5.69 Å². The summed E-state index contributed by atoms with van der Waals surface area (Å²) in [6, 6.07) is 5.30. The summed E-state index contributed by atoms with van der Waals surface area (Å²) in [5.74, 6) is -3.60. The highest BCUT2D eigenvalue weighted by atomic mass is 19.1. The second-order valence-corrected chi connectivity index (χ2v) is 5.52. The maximum absolute atomic E-state index is 12.8. The summed E-state index contributed by atoms with van der Waals surface area (Å²) < 4.78 is 23.8. The van der Waals surface area contributed by atoms with E-state index in [2.05, 4.69) is 5.32 Å². The topological polar surface area (TPSA) is 88.2 Å². The van der Waals surface area contributed by atoms with E-state index in [1.165, 1.54) is 24.3 Å². The highest BCUT2D eigenvalue weighted by molar-refractivity contribution is 5.96. The molecule has 3 aliphatic heterocycles. The van der Waals surface area contributed by atoms with Gasteiger partial charge in [0.2, 0.25) is 5.91 Å². The summed E-state index contributed by atoms with van der Waals surface area (Å²) in [5.41, 5.74) is 0.418. The van der Waals surface area contributed by atoms with Gasteiger partial charge in [0.15, 0.2) is 0 Å². The van der Waals surface area contributed by atoms with E-state index in [9.17, 15) is 19.1 Å². The van der Waals surface area contributed by atoms with Gasteiger partial charge in [-0.15, -0.1) is 0 Å². The number of carbonyl (C=O) groups excluding carboxylic acids is 1. The van der Waals surface area contributed by atoms with E-state index >= 15 is 0 Å². The number of epoxide rings is 1. The molecule has 6 atom stereocenters. The van der Waals surface area contributed by atoms with Gasteiger partial charge in [-0.2, -0.15) is 0 Å². The van der Waals surface area contributed by atoms with Gasteiger partial charge in [-0.1, -0.05) is 0 Å². The number of hydrogen-bond acceptors (Lipinski definition) is 4. The first kappa shape index (κ1) is 12.7. The Balaban J connectivity index is 1.55. The summed E-state index contributed by atoms with van der Waals surface area (Å²) in [5, 5.41) is 11.9. The largest absolute Gasteiger partial charge is 0.481 e. The number of hydrogen-bond donors (Lipinski definition) is 2. The normalized spacial score (nSPS) is 38.9. The van der Waals surface area contributed by atoms with Crippen LogP contribution in [0, 0.1) is 17.7 Å². The molecule has 3 saturated heterocycles. The molecule has 4 rings (SSSR count). The number of carbonyl (C=O) groups is 2. The molecule has 6 unspecified atom stereocenters. The highest BCUT2D eigenvalue weighted by Crippen LogP contribution is 2.54. The molecule has 3 aliphatic rings. The zero-order valence-corrected chi connectivity index (χ0v) is 10.7. The Kier molecular flexibility index (Phi) is 2.58. The highest BCUT2D eigenvalue weighted by Gasteiger charge is 2.72. The summed E-state index contributed by atoms with van der Waals surface area (Å²) in [4.78, 5) is 23.8. The van der Waals surface area contributed by atoms with Gasteiger partial charge in [0, 0.05) is 5.69 Å². The minimum Gasteiger partial charge on any atom is -0.481 e. The van der Waals surface area contributed by atoms with Gasteiger partial charge in [-0.25, -0.2) is 4.39 Å². The van der Waals surface area contributed by atoms with Crippen molar-refractivity contribution in [3.63, 3.8) is 0 Å². The van der Waals surface area contributed by atoms with Crippen LogP contribution in [-0.4, -0.2) is 41.4 Å². The van der Waals surface area contributed by atoms with Crippen LogP contribution in [-0.2, 0) is 19.1 Å². The summed E-state index contributed by atoms with van der Waals surface area (Å²) in [6.45, 7) is 0. The van der Waals surface area contributed by atoms with Crippen LogP contribution in [0.25, 0.3) is 0 Å². The Morgan fingerprint density at radius 3 is 2.19 bits per heavy atom. The SMILES string of the molecule is O=C(O)C1C2OC(C3OC32)C1C(=O)Nc1ccc(F)cc1. The van der Waals surface area contributed by atoms with Gasteiger partial charge in [0.25, 0.3) is 0 Å². The van der Waals surface area contributed by atoms with Crippen LogP contribution in [0.3, 0.4) is 0 Å². The summed E-state index contributed by atoms with van der Waals surface area (Å²) >= 11 is 0. The van der Waals surface area contributed by atoms with Crippen LogP contribution < -0.4 is 5.32 Å². The molecule has 7 heteroatoms. The number of benzene rings is 1. The molecule has 3 heterocycles. The Morgan fingerprint density at radius 1 is 1.00 bits per heavy atom. The zero-order valence-electron chi connectivity index (χ0n) is 10.7. The average molecular weight is 293 g/mol. The predicted molar refractivity (Wildman–Crippen MR) is 67.0 cm³/mol. The monoisotopic (exact) mass is 293 g/mol. The van der Waals surface area contributed by atoms with E-state index in [-0.39, 0.29) is 12.2 Å². The second-order valence-electron chi connectivity index (χ2n) is 5.52. The molecule has 21 heavy (non-hydrogen) atoms. The molecule has 0 spiro atoms. The minimum atomic E-state index is -1.06. The van der Waals surface area contributed by atoms with Crippen LogP contribution in [0.1, 0.15) is 0 Å². The third kappa shape index (κ3) is 1.85. The number of carboxylic acids is 1. The molecule has 0 radical (unpaired) electrons. The molecule has 1 aromatic carbocycles. The third-order valence-corrected chi connectivity index (χ3v) is 4.32. The molecular weight excluding hydrogens is 281 g/mol. The molecule has 1 amide bonds. The van der Waals surface area contributed by atoms with Crippen LogP contribution in [0.2, 0.25) is 0 Å². The number of ether oxygens (including phenoxy) is 2. The first-order chi connectivity index (χ1) is 10.1. The van der Waals surface area contributed by atoms with Crippen LogP contribution in [0.15, 0.2) is 24.3 Å². The maximum atomic E-state index is 12.8. The van der Waals surface area contributed by atoms with Crippen molar-refractivity contribution in [3.05, 3.63) is 30.1 Å². The van der Waals surface area contributed by atoms with Crippen molar-refractivity contribution < 1.29 is 28.6 Å². The zero-order chi connectivity index (χ0) is 14.7. The van der Waals surface area contributed by atoms with Gasteiger partial charge in [-0.3, -0.25) is 9.59 Å². The van der Waals surface area contributed by atoms with Gasteiger partial charge >= 0.3 is 5.97 Å². The maximum Gasteiger partial charge on any atom is 0.310 e. The fraction of sp³-hybridized carbons (Fsp3) is 0.429. The molecule has 2 bridgehead atoms. The Morgan fingerprint density at radius 2 is 1.57 bits per heavy atom. The van der Waals surface area contributed by atoms with Crippen molar-refractivity contribution >= 4 is 17.6 Å². The predicted octanol–water partition coefficient (Wildman–Crippen LogP) is 0.630. The molecule has 110 valence electrons. The van der Waals surface area contributed by atoms with Crippen LogP contribution >= 0.6 is 0 Å². The van der Waals surface area contributed by atoms with Crippen molar-refractivity contribution in [2.75, 3.05) is 5.32 Å². The van der Waals surface area contributed by atoms with Gasteiger partial charge < -0.3 is 19.9 Å². The minimum absolute atomic E-state index is 0.172. The lowest BCUT2D eigenvalue weighted by Crippen LogP contribution is -2.44. The van der Waals surface area contributed by atoms with Crippen LogP contribution in [0.4, 0.5) is 10.1 Å². The van der Waals surface area contributed by atoms with E-state index in [1.807, 2.05) is 0 Å². The van der Waals surface area contributed by atoms with Crippen molar-refractivity contribution in [2.24, 2.45) is 11.8 Å². The van der Waals surface area contributed by atoms with E-state index in [1.54, 1.807) is 0 Å². The van der Waals surface area contributed by atoms with Crippen LogP contribution in [0.5, 0.6) is 0 Å². The molecular formula is C14H12FNO5. The molecule has 0 aromatic heterocycles. The van der Waals surface area contributed by atoms with Gasteiger partial charge in [0.1, 0.15) is 24.1 Å². The number of halogens is 1. The van der Waals surface area contributed by atoms with Crippen molar-refractivity contribution in [1.29, 1.82) is 0 Å². The first-order valence-corrected chi connectivity index (χ1v) is 6.66. The lowest BCUT2D eigenvalue weighted by Gasteiger charge is -2.21. The number of nitrogens with one attached hydrogen (secondary N) is 1. The summed E-state index contributed by atoms with van der Waals surface area (Å²) in [7, 11) is 0. The molecule has 0 saturated carbocycles. The Hall–Kier alpha value is -1.99. The van der Waals surface area contributed by atoms with Crippen molar-refractivity contribution in [3.8, 4) is 0 Å². The first-order valence-electron chi connectivity index (χ1n) is 6.66. The number of aliphatic carboxylic acids is 1. The Labute approximate surface area is 118 Å². The number of fused-ring (bicyclic) bond motifs is 5. The third-order valence-electron chi connectivity index (χ3n) is 4.32. The number of amides is 1. The molecule has 3 fully saturated rings. The Bertz CT molecular complexity index is 618. The lowest BCUT2D eigenvalue weighted by atomic mass is 9.78. The summed E-state index contributed by atoms with van der Waals surface area (Å²) in [6.07, 6.45) is -1.43. The number of carboxylic acid groups (broad SMARTS) is 1. The molecule has 0 aliphatic carbocycles. The fourth-order valence-electron chi connectivity index (χ4n) is 3.35. The molecule has 2 N–H and O–H groups in total. The average Bonchev–Trinajstić information content (AvgIpc) is 3.06. The fourth-order valence-corrected chi connectivity index (χ4v) is 3.35. The lowest BCUT2D eigenvalue weighted by molar-refractivity contribution is -0.147. The van der Waals surface area contributed by atoms with E-state index in [0.717, 1.165) is 0 Å². The standard InChI is InChI=1S/C14H12FNO5/c15-5-1-3-6(4-2-5)16-13(17)7-8(14(18)19)10-12-11(21-12)9(7)20-10/h1-4,7-12H,(H,16,17)(H,18,19). The number of rotatable bonds is 3. The van der Waals surface area contributed by atoms with E-state index < -0.39 is 41.7 Å². The van der Waals surface area contributed by atoms with Gasteiger partial charge in [0.05, 0.1) is 17.9 Å². The number of anilines is 1. The molecule has 6 nitrogen and oxygen atoms in total.